The molecule has 1 aromatic carbocycles. The minimum absolute atomic E-state index is 0.486. The molecule has 0 bridgehead atoms. The van der Waals surface area contributed by atoms with Gasteiger partial charge in [-0.05, 0) is 24.3 Å². The minimum atomic E-state index is -4.64. The average molecular weight is 328 g/mol. The number of benzene rings is 1. The monoisotopic (exact) mass is 327 g/mol. The highest BCUT2D eigenvalue weighted by atomic mass is 35.5. The number of hydrogen-bond acceptors (Lipinski definition) is 3. The molecule has 0 saturated heterocycles. The van der Waals surface area contributed by atoms with Gasteiger partial charge in [-0.2, -0.15) is 0 Å². The van der Waals surface area contributed by atoms with Crippen LogP contribution >= 0.6 is 19.4 Å². The fourth-order valence-corrected chi connectivity index (χ4v) is 1.72. The van der Waals surface area contributed by atoms with Crippen LogP contribution in [0.1, 0.15) is 0 Å². The number of nitrogens with zero attached hydrogens (tertiary/aromatic N) is 2. The first-order valence-electron chi connectivity index (χ1n) is 5.68. The lowest BCUT2D eigenvalue weighted by Crippen LogP contribution is -1.81. The van der Waals surface area contributed by atoms with Crippen LogP contribution in [0.4, 0.5) is 0 Å². The lowest BCUT2D eigenvalue weighted by Gasteiger charge is -1.94. The van der Waals surface area contributed by atoms with Gasteiger partial charge in [0.2, 0.25) is 0 Å². The van der Waals surface area contributed by atoms with E-state index >= 15 is 0 Å². The smallest absolute Gasteiger partial charge is 0.338 e. The third-order valence-electron chi connectivity index (χ3n) is 2.39. The zero-order valence-corrected chi connectivity index (χ0v) is 12.2. The maximum Gasteiger partial charge on any atom is 0.466 e. The molecule has 3 aromatic rings. The Labute approximate surface area is 124 Å². The molecule has 2 aromatic heterocycles. The van der Waals surface area contributed by atoms with E-state index in [9.17, 15) is 0 Å². The maximum atomic E-state index is 8.88. The molecule has 0 amide bonds. The van der Waals surface area contributed by atoms with Crippen molar-refractivity contribution in [1.82, 2.24) is 15.0 Å². The summed E-state index contributed by atoms with van der Waals surface area (Å²) in [5.74, 6) is 0.811. The summed E-state index contributed by atoms with van der Waals surface area (Å²) in [7, 11) is -4.64. The Morgan fingerprint density at radius 3 is 2.33 bits per heavy atom. The minimum Gasteiger partial charge on any atom is -0.338 e. The van der Waals surface area contributed by atoms with Gasteiger partial charge in [0, 0.05) is 11.8 Å². The SMILES string of the molecule is Clc1ccc(-c2nc3ccccc3[nH]2)cn1.O=P(O)(O)O. The number of nitrogens with one attached hydrogen (secondary N) is 1. The van der Waals surface area contributed by atoms with Crippen LogP contribution < -0.4 is 0 Å². The van der Waals surface area contributed by atoms with Gasteiger partial charge in [0.1, 0.15) is 11.0 Å². The second-order valence-corrected chi connectivity index (χ2v) is 5.40. The van der Waals surface area contributed by atoms with Gasteiger partial charge < -0.3 is 19.7 Å². The zero-order valence-electron chi connectivity index (χ0n) is 10.5. The standard InChI is InChI=1S/C12H8ClN3.H3O4P/c13-11-6-5-8(7-14-11)12-15-9-3-1-2-4-10(9)16-12;1-5(2,3)4/h1-7H,(H,15,16);(H3,1,2,3,4). The van der Waals surface area contributed by atoms with Crippen molar-refractivity contribution in [1.29, 1.82) is 0 Å². The first-order valence-corrected chi connectivity index (χ1v) is 7.62. The summed E-state index contributed by atoms with van der Waals surface area (Å²) in [4.78, 5) is 33.3. The van der Waals surface area contributed by atoms with Crippen molar-refractivity contribution < 1.29 is 19.2 Å². The predicted octanol–water partition coefficient (Wildman–Crippen LogP) is 2.35. The number of aromatic amines is 1. The largest absolute Gasteiger partial charge is 0.466 e. The molecule has 4 N–H and O–H groups in total. The van der Waals surface area contributed by atoms with E-state index in [4.69, 9.17) is 30.8 Å². The van der Waals surface area contributed by atoms with Crippen LogP contribution in [0.5, 0.6) is 0 Å². The van der Waals surface area contributed by atoms with Gasteiger partial charge in [0.25, 0.3) is 0 Å². The summed E-state index contributed by atoms with van der Waals surface area (Å²) < 4.78 is 8.88. The van der Waals surface area contributed by atoms with Crippen LogP contribution in [0.3, 0.4) is 0 Å². The van der Waals surface area contributed by atoms with Gasteiger partial charge in [-0.15, -0.1) is 0 Å². The van der Waals surface area contributed by atoms with E-state index < -0.39 is 7.82 Å². The quantitative estimate of drug-likeness (QED) is 0.402. The first-order chi connectivity index (χ1) is 9.83. The van der Waals surface area contributed by atoms with E-state index in [1.54, 1.807) is 12.3 Å². The van der Waals surface area contributed by atoms with Gasteiger partial charge in [-0.3, -0.25) is 0 Å². The number of imidazole rings is 1. The summed E-state index contributed by atoms with van der Waals surface area (Å²) in [5, 5.41) is 0.486. The highest BCUT2D eigenvalue weighted by Crippen LogP contribution is 2.25. The first kappa shape index (κ1) is 15.6. The number of hydrogen-bond donors (Lipinski definition) is 4. The van der Waals surface area contributed by atoms with Gasteiger partial charge in [0.05, 0.1) is 11.0 Å². The molecular weight excluding hydrogens is 317 g/mol. The van der Waals surface area contributed by atoms with Gasteiger partial charge >= 0.3 is 7.82 Å². The molecule has 21 heavy (non-hydrogen) atoms. The summed E-state index contributed by atoms with van der Waals surface area (Å²) in [6.45, 7) is 0. The van der Waals surface area contributed by atoms with Crippen molar-refractivity contribution in [2.75, 3.05) is 0 Å². The van der Waals surface area contributed by atoms with Crippen molar-refractivity contribution in [3.63, 3.8) is 0 Å². The van der Waals surface area contributed by atoms with Crippen molar-refractivity contribution in [3.05, 3.63) is 47.7 Å². The van der Waals surface area contributed by atoms with E-state index in [0.29, 0.717) is 5.15 Å². The number of para-hydroxylation sites is 2. The molecule has 3 rings (SSSR count). The molecule has 2 heterocycles. The molecule has 0 spiro atoms. The summed E-state index contributed by atoms with van der Waals surface area (Å²) in [5.41, 5.74) is 2.90. The van der Waals surface area contributed by atoms with E-state index in [1.807, 2.05) is 30.3 Å². The average Bonchev–Trinajstić information content (AvgIpc) is 2.81. The molecule has 0 unspecified atom stereocenters. The van der Waals surface area contributed by atoms with Crippen molar-refractivity contribution in [2.24, 2.45) is 0 Å². The fraction of sp³-hybridized carbons (Fsp3) is 0. The normalized spacial score (nSPS) is 11.0. The van der Waals surface area contributed by atoms with Gasteiger partial charge in [-0.25, -0.2) is 14.5 Å². The molecule has 0 radical (unpaired) electrons. The molecule has 9 heteroatoms. The molecule has 0 atom stereocenters. The lowest BCUT2D eigenvalue weighted by molar-refractivity contribution is 0.275. The molecule has 0 aliphatic carbocycles. The van der Waals surface area contributed by atoms with Crippen LogP contribution in [-0.2, 0) is 4.57 Å². The Bertz CT molecular complexity index is 743. The summed E-state index contributed by atoms with van der Waals surface area (Å²) in [6.07, 6.45) is 1.71. The molecule has 0 aliphatic rings. The lowest BCUT2D eigenvalue weighted by atomic mass is 10.3. The Kier molecular flexibility index (Phi) is 4.72. The molecule has 7 nitrogen and oxygen atoms in total. The second-order valence-electron chi connectivity index (χ2n) is 3.99. The molecule has 110 valence electrons. The number of rotatable bonds is 1. The third kappa shape index (κ3) is 4.93. The molecule has 0 fully saturated rings. The Morgan fingerprint density at radius 2 is 1.76 bits per heavy atom. The highest BCUT2D eigenvalue weighted by Gasteiger charge is 2.04. The zero-order chi connectivity index (χ0) is 15.5. The Balaban J connectivity index is 0.000000282. The van der Waals surface area contributed by atoms with Crippen molar-refractivity contribution >= 4 is 30.5 Å². The topological polar surface area (TPSA) is 119 Å². The van der Waals surface area contributed by atoms with E-state index in [1.165, 1.54) is 0 Å². The van der Waals surface area contributed by atoms with Crippen LogP contribution in [0, 0.1) is 0 Å². The number of halogens is 1. The fourth-order valence-electron chi connectivity index (χ4n) is 1.61. The maximum absolute atomic E-state index is 8.88. The van der Waals surface area contributed by atoms with Gasteiger partial charge in [-0.1, -0.05) is 23.7 Å². The molecule has 0 saturated carbocycles. The van der Waals surface area contributed by atoms with Crippen molar-refractivity contribution in [2.45, 2.75) is 0 Å². The Hall–Kier alpha value is -1.76. The van der Waals surface area contributed by atoms with Crippen LogP contribution in [0.25, 0.3) is 22.4 Å². The van der Waals surface area contributed by atoms with Crippen LogP contribution in [-0.4, -0.2) is 29.6 Å². The molecule has 0 aliphatic heterocycles. The van der Waals surface area contributed by atoms with Crippen molar-refractivity contribution in [3.8, 4) is 11.4 Å². The van der Waals surface area contributed by atoms with Gasteiger partial charge in [0.15, 0.2) is 0 Å². The highest BCUT2D eigenvalue weighted by molar-refractivity contribution is 7.45. The Morgan fingerprint density at radius 1 is 1.10 bits per heavy atom. The summed E-state index contributed by atoms with van der Waals surface area (Å²) in [6, 6.07) is 11.6. The number of H-pyrrole nitrogens is 1. The number of fused-ring (bicyclic) bond motifs is 1. The predicted molar refractivity (Wildman–Crippen MR) is 78.6 cm³/mol. The molecular formula is C12H11ClN3O4P. The number of phosphoric acid groups is 1. The van der Waals surface area contributed by atoms with E-state index in [2.05, 4.69) is 15.0 Å². The van der Waals surface area contributed by atoms with Crippen LogP contribution in [0.2, 0.25) is 5.15 Å². The summed E-state index contributed by atoms with van der Waals surface area (Å²) >= 11 is 5.74. The second kappa shape index (κ2) is 6.34. The van der Waals surface area contributed by atoms with Crippen LogP contribution in [0.15, 0.2) is 42.6 Å². The van der Waals surface area contributed by atoms with E-state index in [-0.39, 0.29) is 0 Å². The van der Waals surface area contributed by atoms with E-state index in [0.717, 1.165) is 22.4 Å². The number of aromatic nitrogens is 3. The third-order valence-corrected chi connectivity index (χ3v) is 2.61. The number of pyridine rings is 1.